The van der Waals surface area contributed by atoms with Gasteiger partial charge in [0, 0.05) is 12.1 Å². The van der Waals surface area contributed by atoms with Crippen LogP contribution in [0.2, 0.25) is 0 Å². The topological polar surface area (TPSA) is 55.4 Å². The zero-order chi connectivity index (χ0) is 14.5. The Labute approximate surface area is 112 Å². The molecule has 0 bridgehead atoms. The third kappa shape index (κ3) is 5.99. The molecule has 104 valence electrons. The van der Waals surface area contributed by atoms with Gasteiger partial charge in [0.1, 0.15) is 11.4 Å². The van der Waals surface area contributed by atoms with Gasteiger partial charge in [-0.15, -0.1) is 0 Å². The first-order valence-corrected chi connectivity index (χ1v) is 6.03. The van der Waals surface area contributed by atoms with Crippen molar-refractivity contribution < 1.29 is 18.7 Å². The van der Waals surface area contributed by atoms with Crippen LogP contribution in [0, 0.1) is 5.82 Å². The molecule has 0 saturated carbocycles. The smallest absolute Gasteiger partial charge is 0.308 e. The molecule has 1 aromatic carbocycles. The molecule has 0 radical (unpaired) electrons. The molecule has 1 rings (SSSR count). The zero-order valence-corrected chi connectivity index (χ0v) is 11.3. The summed E-state index contributed by atoms with van der Waals surface area (Å²) in [5.74, 6) is -1.11. The first-order chi connectivity index (χ1) is 8.78. The van der Waals surface area contributed by atoms with Crippen molar-refractivity contribution in [3.63, 3.8) is 0 Å². The second-order valence-electron chi connectivity index (χ2n) is 5.10. The van der Waals surface area contributed by atoms with Crippen LogP contribution in [0.25, 0.3) is 0 Å². The van der Waals surface area contributed by atoms with Gasteiger partial charge in [0.05, 0.1) is 6.42 Å². The Morgan fingerprint density at radius 3 is 2.32 bits per heavy atom. The van der Waals surface area contributed by atoms with E-state index >= 15 is 0 Å². The molecule has 0 spiro atoms. The van der Waals surface area contributed by atoms with E-state index in [1.54, 1.807) is 20.8 Å². The SMILES string of the molecule is CC(C)(C)OC(=O)CCNC(=O)c1ccc(F)cc1. The molecule has 1 aromatic rings. The lowest BCUT2D eigenvalue weighted by Gasteiger charge is -2.19. The highest BCUT2D eigenvalue weighted by Crippen LogP contribution is 2.08. The molecule has 0 aliphatic rings. The summed E-state index contributed by atoms with van der Waals surface area (Å²) < 4.78 is 17.8. The molecule has 0 unspecified atom stereocenters. The average molecular weight is 267 g/mol. The van der Waals surface area contributed by atoms with Crippen LogP contribution in [0.5, 0.6) is 0 Å². The largest absolute Gasteiger partial charge is 0.460 e. The van der Waals surface area contributed by atoms with Crippen LogP contribution in [-0.2, 0) is 9.53 Å². The van der Waals surface area contributed by atoms with Crippen LogP contribution in [0.3, 0.4) is 0 Å². The van der Waals surface area contributed by atoms with Crippen molar-refractivity contribution in [1.82, 2.24) is 5.32 Å². The molecule has 0 aromatic heterocycles. The van der Waals surface area contributed by atoms with E-state index < -0.39 is 11.4 Å². The Bertz CT molecular complexity index is 449. The lowest BCUT2D eigenvalue weighted by Crippen LogP contribution is -2.29. The Balaban J connectivity index is 2.35. The summed E-state index contributed by atoms with van der Waals surface area (Å²) in [6.45, 7) is 5.52. The van der Waals surface area contributed by atoms with E-state index in [1.165, 1.54) is 24.3 Å². The number of rotatable bonds is 4. The van der Waals surface area contributed by atoms with Crippen molar-refractivity contribution >= 4 is 11.9 Å². The molecule has 4 nitrogen and oxygen atoms in total. The lowest BCUT2D eigenvalue weighted by atomic mass is 10.2. The standard InChI is InChI=1S/C14H18FNO3/c1-14(2,3)19-12(17)8-9-16-13(18)10-4-6-11(15)7-5-10/h4-7H,8-9H2,1-3H3,(H,16,18). The number of nitrogens with one attached hydrogen (secondary N) is 1. The van der Waals surface area contributed by atoms with Crippen molar-refractivity contribution in [1.29, 1.82) is 0 Å². The summed E-state index contributed by atoms with van der Waals surface area (Å²) in [6, 6.07) is 5.20. The molecule has 0 aliphatic carbocycles. The molecule has 0 atom stereocenters. The number of ether oxygens (including phenoxy) is 1. The summed E-state index contributed by atoms with van der Waals surface area (Å²) in [5.41, 5.74) is -0.177. The van der Waals surface area contributed by atoms with E-state index in [0.29, 0.717) is 5.56 Å². The van der Waals surface area contributed by atoms with Gasteiger partial charge in [0.15, 0.2) is 0 Å². The highest BCUT2D eigenvalue weighted by molar-refractivity contribution is 5.94. The minimum Gasteiger partial charge on any atom is -0.460 e. The molecule has 1 amide bonds. The second kappa shape index (κ2) is 6.31. The third-order valence-electron chi connectivity index (χ3n) is 2.14. The predicted octanol–water partition coefficient (Wildman–Crippen LogP) is 2.29. The summed E-state index contributed by atoms with van der Waals surface area (Å²) in [7, 11) is 0. The summed E-state index contributed by atoms with van der Waals surface area (Å²) in [5, 5.41) is 2.57. The number of benzene rings is 1. The van der Waals surface area contributed by atoms with E-state index in [0.717, 1.165) is 0 Å². The lowest BCUT2D eigenvalue weighted by molar-refractivity contribution is -0.154. The van der Waals surface area contributed by atoms with Gasteiger partial charge in [-0.2, -0.15) is 0 Å². The molecular formula is C14H18FNO3. The molecule has 0 fully saturated rings. The Morgan fingerprint density at radius 1 is 1.21 bits per heavy atom. The van der Waals surface area contributed by atoms with Gasteiger partial charge in [-0.1, -0.05) is 0 Å². The fraction of sp³-hybridized carbons (Fsp3) is 0.429. The maximum absolute atomic E-state index is 12.7. The van der Waals surface area contributed by atoms with Gasteiger partial charge in [-0.05, 0) is 45.0 Å². The minimum atomic E-state index is -0.530. The number of hydrogen-bond donors (Lipinski definition) is 1. The number of carbonyl (C=O) groups excluding carboxylic acids is 2. The summed E-state index contributed by atoms with van der Waals surface area (Å²) in [4.78, 5) is 23.0. The maximum atomic E-state index is 12.7. The molecule has 0 saturated heterocycles. The second-order valence-corrected chi connectivity index (χ2v) is 5.10. The Kier molecular flexibility index (Phi) is 5.03. The van der Waals surface area contributed by atoms with Crippen molar-refractivity contribution in [3.05, 3.63) is 35.6 Å². The summed E-state index contributed by atoms with van der Waals surface area (Å²) >= 11 is 0. The summed E-state index contributed by atoms with van der Waals surface area (Å²) in [6.07, 6.45) is 0.101. The predicted molar refractivity (Wildman–Crippen MR) is 69.2 cm³/mol. The zero-order valence-electron chi connectivity index (χ0n) is 11.3. The van der Waals surface area contributed by atoms with Crippen molar-refractivity contribution in [3.8, 4) is 0 Å². The average Bonchev–Trinajstić information content (AvgIpc) is 2.27. The number of hydrogen-bond acceptors (Lipinski definition) is 3. The van der Waals surface area contributed by atoms with Crippen LogP contribution >= 0.6 is 0 Å². The Hall–Kier alpha value is -1.91. The van der Waals surface area contributed by atoms with Gasteiger partial charge in [0.25, 0.3) is 5.91 Å². The first-order valence-electron chi connectivity index (χ1n) is 6.03. The van der Waals surface area contributed by atoms with Gasteiger partial charge in [-0.3, -0.25) is 9.59 Å². The highest BCUT2D eigenvalue weighted by Gasteiger charge is 2.16. The van der Waals surface area contributed by atoms with Gasteiger partial charge in [0.2, 0.25) is 0 Å². The van der Waals surface area contributed by atoms with Gasteiger partial charge in [-0.25, -0.2) is 4.39 Å². The van der Waals surface area contributed by atoms with E-state index in [1.807, 2.05) is 0 Å². The van der Waals surface area contributed by atoms with Crippen molar-refractivity contribution in [2.75, 3.05) is 6.54 Å². The van der Waals surface area contributed by atoms with Crippen LogP contribution in [0.1, 0.15) is 37.6 Å². The Morgan fingerprint density at radius 2 is 1.79 bits per heavy atom. The van der Waals surface area contributed by atoms with Crippen LogP contribution in [0.15, 0.2) is 24.3 Å². The first kappa shape index (κ1) is 15.1. The molecule has 5 heteroatoms. The quantitative estimate of drug-likeness (QED) is 0.851. The van der Waals surface area contributed by atoms with Crippen LogP contribution in [0.4, 0.5) is 4.39 Å². The third-order valence-corrected chi connectivity index (χ3v) is 2.14. The minimum absolute atomic E-state index is 0.101. The number of halogens is 1. The van der Waals surface area contributed by atoms with Crippen molar-refractivity contribution in [2.45, 2.75) is 32.8 Å². The van der Waals surface area contributed by atoms with Crippen LogP contribution < -0.4 is 5.32 Å². The number of amides is 1. The van der Waals surface area contributed by atoms with E-state index in [2.05, 4.69) is 5.32 Å². The van der Waals surface area contributed by atoms with E-state index in [-0.39, 0.29) is 24.8 Å². The number of esters is 1. The van der Waals surface area contributed by atoms with Crippen molar-refractivity contribution in [2.24, 2.45) is 0 Å². The molecular weight excluding hydrogens is 249 g/mol. The fourth-order valence-electron chi connectivity index (χ4n) is 1.37. The fourth-order valence-corrected chi connectivity index (χ4v) is 1.37. The molecule has 0 heterocycles. The van der Waals surface area contributed by atoms with Gasteiger partial charge < -0.3 is 10.1 Å². The monoisotopic (exact) mass is 267 g/mol. The maximum Gasteiger partial charge on any atom is 0.308 e. The molecule has 19 heavy (non-hydrogen) atoms. The van der Waals surface area contributed by atoms with E-state index in [9.17, 15) is 14.0 Å². The normalized spacial score (nSPS) is 10.9. The van der Waals surface area contributed by atoms with E-state index in [4.69, 9.17) is 4.74 Å². The number of carbonyl (C=O) groups is 2. The molecule has 0 aliphatic heterocycles. The molecule has 1 N–H and O–H groups in total. The van der Waals surface area contributed by atoms with Gasteiger partial charge >= 0.3 is 5.97 Å². The highest BCUT2D eigenvalue weighted by atomic mass is 19.1. The van der Waals surface area contributed by atoms with Crippen LogP contribution in [-0.4, -0.2) is 24.0 Å².